The number of anilines is 1. The van der Waals surface area contributed by atoms with Gasteiger partial charge in [0.1, 0.15) is 16.2 Å². The van der Waals surface area contributed by atoms with E-state index in [1.165, 1.54) is 12.1 Å². The van der Waals surface area contributed by atoms with Crippen molar-refractivity contribution in [3.8, 4) is 0 Å². The van der Waals surface area contributed by atoms with E-state index in [9.17, 15) is 9.18 Å². The molecule has 2 rings (SSSR count). The lowest BCUT2D eigenvalue weighted by molar-refractivity contribution is -0.115. The van der Waals surface area contributed by atoms with Crippen LogP contribution >= 0.6 is 15.9 Å². The van der Waals surface area contributed by atoms with Gasteiger partial charge in [-0.15, -0.1) is 0 Å². The van der Waals surface area contributed by atoms with Crippen molar-refractivity contribution in [3.63, 3.8) is 0 Å². The average molecular weight is 309 g/mol. The van der Waals surface area contributed by atoms with Gasteiger partial charge >= 0.3 is 0 Å². The number of hydrogen-bond acceptors (Lipinski definition) is 2. The van der Waals surface area contributed by atoms with E-state index in [2.05, 4.69) is 26.2 Å². The van der Waals surface area contributed by atoms with Crippen LogP contribution in [0.3, 0.4) is 0 Å². The van der Waals surface area contributed by atoms with Crippen LogP contribution in [0.1, 0.15) is 5.56 Å². The van der Waals surface area contributed by atoms with Gasteiger partial charge in [0.25, 0.3) is 0 Å². The van der Waals surface area contributed by atoms with E-state index in [-0.39, 0.29) is 18.1 Å². The van der Waals surface area contributed by atoms with E-state index in [4.69, 9.17) is 0 Å². The van der Waals surface area contributed by atoms with Crippen LogP contribution in [0.5, 0.6) is 0 Å². The third kappa shape index (κ3) is 3.63. The molecule has 1 aromatic carbocycles. The monoisotopic (exact) mass is 308 g/mol. The summed E-state index contributed by atoms with van der Waals surface area (Å²) in [7, 11) is 0. The van der Waals surface area contributed by atoms with Crippen molar-refractivity contribution in [1.82, 2.24) is 4.98 Å². The summed E-state index contributed by atoms with van der Waals surface area (Å²) in [5.41, 5.74) is 0.754. The molecule has 0 saturated carbocycles. The summed E-state index contributed by atoms with van der Waals surface area (Å²) >= 11 is 3.22. The van der Waals surface area contributed by atoms with Gasteiger partial charge in [-0.05, 0) is 45.8 Å². The van der Waals surface area contributed by atoms with Crippen LogP contribution in [-0.2, 0) is 11.2 Å². The zero-order chi connectivity index (χ0) is 13.0. The molecule has 0 saturated heterocycles. The third-order valence-electron chi connectivity index (χ3n) is 2.26. The number of nitrogens with zero attached hydrogens (tertiary/aromatic N) is 1. The predicted octanol–water partition coefficient (Wildman–Crippen LogP) is 3.16. The Labute approximate surface area is 112 Å². The lowest BCUT2D eigenvalue weighted by Gasteiger charge is -2.04. The molecule has 0 radical (unpaired) electrons. The molecule has 5 heteroatoms. The molecule has 1 heterocycles. The summed E-state index contributed by atoms with van der Waals surface area (Å²) in [6, 6.07) is 11.1. The number of carbonyl (C=O) groups is 1. The topological polar surface area (TPSA) is 42.0 Å². The first-order chi connectivity index (χ1) is 8.63. The Bertz CT molecular complexity index is 557. The molecular weight excluding hydrogens is 299 g/mol. The van der Waals surface area contributed by atoms with Crippen molar-refractivity contribution in [2.24, 2.45) is 0 Å². The van der Waals surface area contributed by atoms with Gasteiger partial charge in [0.15, 0.2) is 0 Å². The normalized spacial score (nSPS) is 10.1. The maximum absolute atomic E-state index is 12.7. The summed E-state index contributed by atoms with van der Waals surface area (Å²) in [6.07, 6.45) is 0.189. The van der Waals surface area contributed by atoms with Crippen molar-refractivity contribution in [3.05, 3.63) is 58.4 Å². The molecule has 1 amide bonds. The molecule has 0 atom stereocenters. The van der Waals surface area contributed by atoms with Gasteiger partial charge in [0.2, 0.25) is 5.91 Å². The number of pyridine rings is 1. The maximum Gasteiger partial charge on any atom is 0.229 e. The molecule has 0 unspecified atom stereocenters. The molecule has 3 nitrogen and oxygen atoms in total. The van der Waals surface area contributed by atoms with Crippen LogP contribution in [0, 0.1) is 5.82 Å². The van der Waals surface area contributed by atoms with Crippen molar-refractivity contribution < 1.29 is 9.18 Å². The minimum absolute atomic E-state index is 0.188. The first-order valence-corrected chi connectivity index (χ1v) is 6.09. The van der Waals surface area contributed by atoms with E-state index in [1.807, 2.05) is 0 Å². The number of rotatable bonds is 3. The molecule has 0 bridgehead atoms. The fourth-order valence-electron chi connectivity index (χ4n) is 1.45. The van der Waals surface area contributed by atoms with Crippen molar-refractivity contribution in [2.75, 3.05) is 5.32 Å². The van der Waals surface area contributed by atoms with Gasteiger partial charge in [0, 0.05) is 0 Å². The summed E-state index contributed by atoms with van der Waals surface area (Å²) in [5, 5.41) is 2.67. The Morgan fingerprint density at radius 1 is 1.22 bits per heavy atom. The number of nitrogens with one attached hydrogen (secondary N) is 1. The lowest BCUT2D eigenvalue weighted by atomic mass is 10.1. The molecule has 0 aliphatic heterocycles. The molecule has 18 heavy (non-hydrogen) atoms. The molecule has 92 valence electrons. The molecule has 1 aromatic heterocycles. The molecule has 0 aliphatic carbocycles. The van der Waals surface area contributed by atoms with Crippen LogP contribution in [0.4, 0.5) is 10.2 Å². The lowest BCUT2D eigenvalue weighted by Crippen LogP contribution is -2.15. The summed E-state index contributed by atoms with van der Waals surface area (Å²) in [6.45, 7) is 0. The number of aromatic nitrogens is 1. The van der Waals surface area contributed by atoms with Gasteiger partial charge in [-0.3, -0.25) is 4.79 Å². The highest BCUT2D eigenvalue weighted by atomic mass is 79.9. The van der Waals surface area contributed by atoms with Gasteiger partial charge in [-0.2, -0.15) is 0 Å². The van der Waals surface area contributed by atoms with Gasteiger partial charge < -0.3 is 5.32 Å². The van der Waals surface area contributed by atoms with E-state index in [0.717, 1.165) is 5.56 Å². The smallest absolute Gasteiger partial charge is 0.229 e. The Morgan fingerprint density at radius 3 is 2.61 bits per heavy atom. The second-order valence-electron chi connectivity index (χ2n) is 3.70. The standard InChI is InChI=1S/C13H10BrFN2O/c14-11-2-1-3-12(16-11)17-13(18)8-9-4-6-10(15)7-5-9/h1-7H,8H2,(H,16,17,18). The number of benzene rings is 1. The largest absolute Gasteiger partial charge is 0.310 e. The van der Waals surface area contributed by atoms with Crippen molar-refractivity contribution in [2.45, 2.75) is 6.42 Å². The minimum Gasteiger partial charge on any atom is -0.310 e. The number of halogens is 2. The summed E-state index contributed by atoms with van der Waals surface area (Å²) < 4.78 is 13.4. The van der Waals surface area contributed by atoms with Crippen molar-refractivity contribution in [1.29, 1.82) is 0 Å². The van der Waals surface area contributed by atoms with Gasteiger partial charge in [-0.1, -0.05) is 18.2 Å². The van der Waals surface area contributed by atoms with Crippen LogP contribution in [-0.4, -0.2) is 10.9 Å². The van der Waals surface area contributed by atoms with E-state index in [0.29, 0.717) is 10.4 Å². The number of carbonyl (C=O) groups excluding carboxylic acids is 1. The van der Waals surface area contributed by atoms with Crippen LogP contribution in [0.15, 0.2) is 47.1 Å². The predicted molar refractivity (Wildman–Crippen MR) is 70.7 cm³/mol. The minimum atomic E-state index is -0.312. The first-order valence-electron chi connectivity index (χ1n) is 5.30. The molecule has 2 aromatic rings. The fraction of sp³-hybridized carbons (Fsp3) is 0.0769. The highest BCUT2D eigenvalue weighted by Crippen LogP contribution is 2.11. The Kier molecular flexibility index (Phi) is 4.04. The van der Waals surface area contributed by atoms with E-state index >= 15 is 0 Å². The van der Waals surface area contributed by atoms with Crippen LogP contribution in [0.2, 0.25) is 0 Å². The van der Waals surface area contributed by atoms with E-state index in [1.54, 1.807) is 30.3 Å². The van der Waals surface area contributed by atoms with Gasteiger partial charge in [-0.25, -0.2) is 9.37 Å². The third-order valence-corrected chi connectivity index (χ3v) is 2.70. The number of amides is 1. The summed E-state index contributed by atoms with van der Waals surface area (Å²) in [4.78, 5) is 15.8. The van der Waals surface area contributed by atoms with Crippen molar-refractivity contribution >= 4 is 27.7 Å². The molecule has 0 spiro atoms. The number of hydrogen-bond donors (Lipinski definition) is 1. The Morgan fingerprint density at radius 2 is 1.94 bits per heavy atom. The molecule has 0 aliphatic rings. The quantitative estimate of drug-likeness (QED) is 0.885. The average Bonchev–Trinajstić information content (AvgIpc) is 2.32. The van der Waals surface area contributed by atoms with Gasteiger partial charge in [0.05, 0.1) is 6.42 Å². The zero-order valence-electron chi connectivity index (χ0n) is 9.36. The Balaban J connectivity index is 1.98. The highest BCUT2D eigenvalue weighted by molar-refractivity contribution is 9.10. The molecule has 1 N–H and O–H groups in total. The second-order valence-corrected chi connectivity index (χ2v) is 4.51. The SMILES string of the molecule is O=C(Cc1ccc(F)cc1)Nc1cccc(Br)n1. The van der Waals surface area contributed by atoms with Crippen LogP contribution < -0.4 is 5.32 Å². The van der Waals surface area contributed by atoms with Crippen LogP contribution in [0.25, 0.3) is 0 Å². The summed E-state index contributed by atoms with van der Waals surface area (Å²) in [5.74, 6) is -0.0171. The fourth-order valence-corrected chi connectivity index (χ4v) is 1.80. The molecular formula is C13H10BrFN2O. The second kappa shape index (κ2) is 5.73. The zero-order valence-corrected chi connectivity index (χ0v) is 10.9. The maximum atomic E-state index is 12.7. The van der Waals surface area contributed by atoms with E-state index < -0.39 is 0 Å². The molecule has 0 fully saturated rings. The highest BCUT2D eigenvalue weighted by Gasteiger charge is 2.05. The first kappa shape index (κ1) is 12.7. The Hall–Kier alpha value is -1.75.